The van der Waals surface area contributed by atoms with Gasteiger partial charge in [-0.15, -0.1) is 0 Å². The number of methoxy groups -OCH3 is 1. The molecule has 0 saturated carbocycles. The maximum absolute atomic E-state index is 13.5. The molecule has 0 unspecified atom stereocenters. The largest absolute Gasteiger partial charge is 0.462 e. The smallest absolute Gasteiger partial charge is 0.252 e. The highest BCUT2D eigenvalue weighted by Crippen LogP contribution is 2.34. The molecule has 0 radical (unpaired) electrons. The minimum absolute atomic E-state index is 0.272. The first-order valence-electron chi connectivity index (χ1n) is 13.6. The van der Waals surface area contributed by atoms with Crippen molar-refractivity contribution in [3.63, 3.8) is 0 Å². The molecule has 41 heavy (non-hydrogen) atoms. The quantitative estimate of drug-likeness (QED) is 0.278. The highest BCUT2D eigenvalue weighted by atomic mass is 16.7. The number of hydrogen-bond donors (Lipinski definition) is 3. The third-order valence-electron chi connectivity index (χ3n) is 7.38. The average molecular weight is 554 g/mol. The molecule has 1 amide bonds. The summed E-state index contributed by atoms with van der Waals surface area (Å²) >= 11 is 0. The van der Waals surface area contributed by atoms with Crippen LogP contribution in [0.25, 0.3) is 22.3 Å². The third-order valence-corrected chi connectivity index (χ3v) is 7.38. The number of hydrogen-bond acceptors (Lipinski definition) is 6. The maximum atomic E-state index is 13.5. The molecule has 4 atom stereocenters. The van der Waals surface area contributed by atoms with Gasteiger partial charge in [-0.25, -0.2) is 0 Å². The van der Waals surface area contributed by atoms with Gasteiger partial charge in [-0.1, -0.05) is 84.9 Å². The van der Waals surface area contributed by atoms with E-state index >= 15 is 0 Å². The number of ether oxygens (including phenoxy) is 3. The second-order valence-corrected chi connectivity index (χ2v) is 10.7. The molecule has 4 aromatic rings. The Bertz CT molecular complexity index is 1460. The van der Waals surface area contributed by atoms with Crippen molar-refractivity contribution in [2.75, 3.05) is 7.11 Å². The molecule has 0 aliphatic carbocycles. The van der Waals surface area contributed by atoms with Crippen molar-refractivity contribution >= 4 is 5.91 Å². The summed E-state index contributed by atoms with van der Waals surface area (Å²) < 4.78 is 17.4. The van der Waals surface area contributed by atoms with E-state index in [1.165, 1.54) is 7.11 Å². The van der Waals surface area contributed by atoms with Gasteiger partial charge in [-0.2, -0.15) is 0 Å². The molecular weight excluding hydrogens is 518 g/mol. The van der Waals surface area contributed by atoms with Crippen LogP contribution in [0.3, 0.4) is 0 Å². The van der Waals surface area contributed by atoms with Crippen LogP contribution in [0.15, 0.2) is 103 Å². The number of carbonyl (C=O) groups excluding carboxylic acids is 1. The molecule has 0 bridgehead atoms. The van der Waals surface area contributed by atoms with Gasteiger partial charge in [-0.3, -0.25) is 4.79 Å². The first-order valence-corrected chi connectivity index (χ1v) is 13.6. The Morgan fingerprint density at radius 1 is 0.829 bits per heavy atom. The van der Waals surface area contributed by atoms with Crippen LogP contribution in [0.1, 0.15) is 29.8 Å². The molecule has 7 heteroatoms. The summed E-state index contributed by atoms with van der Waals surface area (Å²) in [5.41, 5.74) is 4.24. The highest BCUT2D eigenvalue weighted by Gasteiger charge is 2.50. The summed E-state index contributed by atoms with van der Waals surface area (Å²) in [7, 11) is 1.46. The summed E-state index contributed by atoms with van der Waals surface area (Å²) in [6.45, 7) is 3.88. The van der Waals surface area contributed by atoms with Gasteiger partial charge >= 0.3 is 0 Å². The summed E-state index contributed by atoms with van der Waals surface area (Å²) in [5.74, 6) is 0.0498. The molecule has 1 fully saturated rings. The Hall–Kier alpha value is -4.01. The molecule has 1 aliphatic heterocycles. The van der Waals surface area contributed by atoms with E-state index in [1.807, 2.05) is 78.9 Å². The molecule has 1 saturated heterocycles. The number of rotatable bonds is 8. The highest BCUT2D eigenvalue weighted by molar-refractivity contribution is 6.01. The van der Waals surface area contributed by atoms with E-state index in [4.69, 9.17) is 14.2 Å². The van der Waals surface area contributed by atoms with Crippen LogP contribution in [-0.2, 0) is 16.0 Å². The fourth-order valence-electron chi connectivity index (χ4n) is 5.22. The lowest BCUT2D eigenvalue weighted by atomic mass is 9.89. The molecule has 4 aromatic carbocycles. The Morgan fingerprint density at radius 3 is 2.10 bits per heavy atom. The Morgan fingerprint density at radius 2 is 1.44 bits per heavy atom. The Kier molecular flexibility index (Phi) is 8.52. The molecule has 0 spiro atoms. The standard InChI is InChI=1S/C34H35NO6/c1-34(2)31(39-3)29(36)30(37)33(41-34)40-26-18-19-27(25-16-14-24(15-17-25)23-12-8-5-9-13-23)28(20-26)32(38)35-21-22-10-6-4-7-11-22/h4-20,29-31,33,36-37H,21H2,1-3H3,(H,35,38)/t29-,30+,31+,33-/m0/s1. The number of nitrogens with one attached hydrogen (secondary N) is 1. The van der Waals surface area contributed by atoms with Crippen LogP contribution in [-0.4, -0.2) is 53.4 Å². The summed E-state index contributed by atoms with van der Waals surface area (Å²) in [6.07, 6.45) is -4.47. The Labute approximate surface area is 240 Å². The predicted molar refractivity (Wildman–Crippen MR) is 157 cm³/mol. The van der Waals surface area contributed by atoms with Crippen LogP contribution in [0.5, 0.6) is 5.75 Å². The van der Waals surface area contributed by atoms with Gasteiger partial charge in [0, 0.05) is 13.7 Å². The van der Waals surface area contributed by atoms with Crippen molar-refractivity contribution in [3.8, 4) is 28.0 Å². The first-order chi connectivity index (χ1) is 19.8. The van der Waals surface area contributed by atoms with E-state index in [0.29, 0.717) is 17.9 Å². The van der Waals surface area contributed by atoms with Gasteiger partial charge < -0.3 is 29.7 Å². The zero-order valence-electron chi connectivity index (χ0n) is 23.4. The average Bonchev–Trinajstić information content (AvgIpc) is 2.99. The monoisotopic (exact) mass is 553 g/mol. The minimum atomic E-state index is -1.35. The third kappa shape index (κ3) is 6.34. The molecule has 1 aliphatic rings. The van der Waals surface area contributed by atoms with Crippen molar-refractivity contribution < 1.29 is 29.2 Å². The van der Waals surface area contributed by atoms with Crippen LogP contribution in [0.4, 0.5) is 0 Å². The van der Waals surface area contributed by atoms with Crippen molar-refractivity contribution in [2.24, 2.45) is 0 Å². The van der Waals surface area contributed by atoms with E-state index in [1.54, 1.807) is 26.0 Å². The molecular formula is C34H35NO6. The van der Waals surface area contributed by atoms with Crippen LogP contribution < -0.4 is 10.1 Å². The van der Waals surface area contributed by atoms with E-state index in [-0.39, 0.29) is 5.91 Å². The maximum Gasteiger partial charge on any atom is 0.252 e. The van der Waals surface area contributed by atoms with Crippen LogP contribution in [0, 0.1) is 0 Å². The fraction of sp³-hybridized carbons (Fsp3) is 0.265. The van der Waals surface area contributed by atoms with E-state index in [0.717, 1.165) is 27.8 Å². The van der Waals surface area contributed by atoms with Crippen LogP contribution in [0.2, 0.25) is 0 Å². The molecule has 1 heterocycles. The number of aliphatic hydroxyl groups excluding tert-OH is 2. The molecule has 212 valence electrons. The second kappa shape index (κ2) is 12.2. The topological polar surface area (TPSA) is 97.3 Å². The zero-order valence-corrected chi connectivity index (χ0v) is 23.4. The lowest BCUT2D eigenvalue weighted by Crippen LogP contribution is -2.63. The molecule has 5 rings (SSSR count). The van der Waals surface area contributed by atoms with E-state index < -0.39 is 30.2 Å². The Balaban J connectivity index is 1.44. The van der Waals surface area contributed by atoms with Crippen molar-refractivity contribution in [1.82, 2.24) is 5.32 Å². The predicted octanol–water partition coefficient (Wildman–Crippen LogP) is 5.20. The van der Waals surface area contributed by atoms with Crippen molar-refractivity contribution in [1.29, 1.82) is 0 Å². The fourth-order valence-corrected chi connectivity index (χ4v) is 5.22. The molecule has 0 aromatic heterocycles. The van der Waals surface area contributed by atoms with Gasteiger partial charge in [0.2, 0.25) is 6.29 Å². The minimum Gasteiger partial charge on any atom is -0.462 e. The van der Waals surface area contributed by atoms with Crippen molar-refractivity contribution in [2.45, 2.75) is 50.6 Å². The number of carbonyl (C=O) groups is 1. The lowest BCUT2D eigenvalue weighted by molar-refractivity contribution is -0.305. The van der Waals surface area contributed by atoms with Gasteiger partial charge in [-0.05, 0) is 59.9 Å². The first kappa shape index (κ1) is 28.5. The number of benzene rings is 4. The summed E-state index contributed by atoms with van der Waals surface area (Å²) in [6, 6.07) is 33.0. The lowest BCUT2D eigenvalue weighted by Gasteiger charge is -2.46. The zero-order chi connectivity index (χ0) is 29.0. The second-order valence-electron chi connectivity index (χ2n) is 10.7. The van der Waals surface area contributed by atoms with Gasteiger partial charge in [0.05, 0.1) is 11.2 Å². The van der Waals surface area contributed by atoms with Gasteiger partial charge in [0.1, 0.15) is 24.1 Å². The summed E-state index contributed by atoms with van der Waals surface area (Å²) in [4.78, 5) is 13.5. The van der Waals surface area contributed by atoms with Crippen molar-refractivity contribution in [3.05, 3.63) is 114 Å². The normalized spacial score (nSPS) is 21.7. The van der Waals surface area contributed by atoms with E-state index in [9.17, 15) is 15.0 Å². The summed E-state index contributed by atoms with van der Waals surface area (Å²) in [5, 5.41) is 24.4. The SMILES string of the molecule is CO[C@@H]1[C@@H](O)[C@@H](O)[C@@H](Oc2ccc(-c3ccc(-c4ccccc4)cc3)c(C(=O)NCc3ccccc3)c2)OC1(C)C. The number of amides is 1. The van der Waals surface area contributed by atoms with Gasteiger partial charge in [0.15, 0.2) is 0 Å². The van der Waals surface area contributed by atoms with Crippen LogP contribution >= 0.6 is 0 Å². The van der Waals surface area contributed by atoms with Gasteiger partial charge in [0.25, 0.3) is 5.91 Å². The number of aliphatic hydroxyl groups is 2. The molecule has 7 nitrogen and oxygen atoms in total. The van der Waals surface area contributed by atoms with E-state index in [2.05, 4.69) is 17.4 Å². The molecule has 3 N–H and O–H groups in total.